The summed E-state index contributed by atoms with van der Waals surface area (Å²) in [5.74, 6) is 1.37. The first-order chi connectivity index (χ1) is 12.6. The van der Waals surface area contributed by atoms with Crippen molar-refractivity contribution in [3.05, 3.63) is 64.3 Å². The van der Waals surface area contributed by atoms with E-state index >= 15 is 0 Å². The Morgan fingerprint density at radius 2 is 1.88 bits per heavy atom. The van der Waals surface area contributed by atoms with Gasteiger partial charge in [0.15, 0.2) is 0 Å². The van der Waals surface area contributed by atoms with Crippen molar-refractivity contribution in [2.45, 2.75) is 13.8 Å². The molecule has 3 rings (SSSR count). The molecule has 0 amide bonds. The van der Waals surface area contributed by atoms with Crippen LogP contribution in [0.4, 0.5) is 0 Å². The molecular formula is C21H19BrO4. The molecule has 0 saturated carbocycles. The third-order valence-corrected chi connectivity index (χ3v) is 4.52. The van der Waals surface area contributed by atoms with Gasteiger partial charge >= 0.3 is 5.97 Å². The summed E-state index contributed by atoms with van der Waals surface area (Å²) in [6.45, 7) is 3.91. The average molecular weight is 415 g/mol. The van der Waals surface area contributed by atoms with E-state index < -0.39 is 5.97 Å². The number of methoxy groups -OCH3 is 1. The van der Waals surface area contributed by atoms with Gasteiger partial charge in [-0.2, -0.15) is 0 Å². The molecule has 0 atom stereocenters. The Morgan fingerprint density at radius 1 is 1.15 bits per heavy atom. The molecule has 0 bridgehead atoms. The van der Waals surface area contributed by atoms with Crippen LogP contribution in [0.25, 0.3) is 22.5 Å². The van der Waals surface area contributed by atoms with E-state index in [1.54, 1.807) is 14.0 Å². The van der Waals surface area contributed by atoms with Crippen LogP contribution in [-0.4, -0.2) is 19.7 Å². The maximum absolute atomic E-state index is 12.8. The van der Waals surface area contributed by atoms with Gasteiger partial charge < -0.3 is 13.9 Å². The quantitative estimate of drug-likeness (QED) is 0.489. The normalized spacial score (nSPS) is 10.6. The van der Waals surface area contributed by atoms with E-state index in [0.717, 1.165) is 15.6 Å². The van der Waals surface area contributed by atoms with Gasteiger partial charge in [-0.15, -0.1) is 0 Å². The van der Waals surface area contributed by atoms with Gasteiger partial charge in [0, 0.05) is 21.2 Å². The van der Waals surface area contributed by atoms with Crippen molar-refractivity contribution < 1.29 is 18.7 Å². The number of esters is 1. The molecule has 4 nitrogen and oxygen atoms in total. The third-order valence-electron chi connectivity index (χ3n) is 4.03. The van der Waals surface area contributed by atoms with Gasteiger partial charge in [0.05, 0.1) is 13.7 Å². The summed E-state index contributed by atoms with van der Waals surface area (Å²) in [4.78, 5) is 12.8. The lowest BCUT2D eigenvalue weighted by Crippen LogP contribution is -2.07. The van der Waals surface area contributed by atoms with Crippen LogP contribution >= 0.6 is 15.9 Å². The second kappa shape index (κ2) is 7.79. The predicted octanol–water partition coefficient (Wildman–Crippen LogP) is 5.87. The molecular weight excluding hydrogens is 396 g/mol. The largest absolute Gasteiger partial charge is 0.496 e. The fraction of sp³-hybridized carbons (Fsp3) is 0.190. The van der Waals surface area contributed by atoms with E-state index in [1.165, 1.54) is 0 Å². The molecule has 5 heteroatoms. The first kappa shape index (κ1) is 18.3. The summed E-state index contributed by atoms with van der Waals surface area (Å²) in [6.07, 6.45) is 0. The minimum atomic E-state index is -0.416. The maximum atomic E-state index is 12.8. The number of benzene rings is 2. The molecule has 134 valence electrons. The Hall–Kier alpha value is -2.53. The fourth-order valence-electron chi connectivity index (χ4n) is 2.94. The van der Waals surface area contributed by atoms with E-state index in [2.05, 4.69) is 15.9 Å². The van der Waals surface area contributed by atoms with Gasteiger partial charge in [-0.3, -0.25) is 0 Å². The first-order valence-corrected chi connectivity index (χ1v) is 9.06. The lowest BCUT2D eigenvalue weighted by atomic mass is 9.97. The molecule has 0 radical (unpaired) electrons. The summed E-state index contributed by atoms with van der Waals surface area (Å²) < 4.78 is 17.7. The van der Waals surface area contributed by atoms with Crippen molar-refractivity contribution in [1.82, 2.24) is 0 Å². The van der Waals surface area contributed by atoms with Crippen molar-refractivity contribution in [1.29, 1.82) is 0 Å². The van der Waals surface area contributed by atoms with Crippen molar-refractivity contribution in [2.24, 2.45) is 0 Å². The van der Waals surface area contributed by atoms with Gasteiger partial charge in [-0.1, -0.05) is 46.3 Å². The van der Waals surface area contributed by atoms with E-state index in [-0.39, 0.29) is 6.61 Å². The molecule has 0 unspecified atom stereocenters. The molecule has 0 N–H and O–H groups in total. The Bertz CT molecular complexity index is 929. The molecule has 26 heavy (non-hydrogen) atoms. The van der Waals surface area contributed by atoms with E-state index in [9.17, 15) is 4.79 Å². The third kappa shape index (κ3) is 3.40. The summed E-state index contributed by atoms with van der Waals surface area (Å²) in [7, 11) is 1.60. The monoisotopic (exact) mass is 414 g/mol. The van der Waals surface area contributed by atoms with Crippen molar-refractivity contribution >= 4 is 21.9 Å². The lowest BCUT2D eigenvalue weighted by molar-refractivity contribution is 0.0527. The minimum absolute atomic E-state index is 0.284. The molecule has 0 spiro atoms. The average Bonchev–Trinajstić information content (AvgIpc) is 3.00. The number of aryl methyl sites for hydroxylation is 1. The molecule has 1 aromatic heterocycles. The van der Waals surface area contributed by atoms with Gasteiger partial charge in [0.1, 0.15) is 22.8 Å². The molecule has 0 saturated heterocycles. The van der Waals surface area contributed by atoms with Crippen LogP contribution in [0.15, 0.2) is 57.4 Å². The van der Waals surface area contributed by atoms with E-state index in [0.29, 0.717) is 28.4 Å². The highest BCUT2D eigenvalue weighted by atomic mass is 79.9. The first-order valence-electron chi connectivity index (χ1n) is 8.26. The van der Waals surface area contributed by atoms with Crippen LogP contribution in [0, 0.1) is 6.92 Å². The van der Waals surface area contributed by atoms with E-state index in [4.69, 9.17) is 13.9 Å². The molecule has 0 aliphatic carbocycles. The molecule has 2 aromatic carbocycles. The minimum Gasteiger partial charge on any atom is -0.496 e. The number of halogens is 1. The number of rotatable bonds is 5. The van der Waals surface area contributed by atoms with Crippen LogP contribution < -0.4 is 4.74 Å². The fourth-order valence-corrected chi connectivity index (χ4v) is 3.30. The van der Waals surface area contributed by atoms with E-state index in [1.807, 2.05) is 55.5 Å². The second-order valence-corrected chi connectivity index (χ2v) is 6.58. The SMILES string of the molecule is CCOC(=O)c1c(-c2ccccc2)oc(C)c1-c1cc(Br)ccc1OC. The number of furan rings is 1. The molecule has 0 aliphatic rings. The molecule has 0 aliphatic heterocycles. The topological polar surface area (TPSA) is 48.7 Å². The summed E-state index contributed by atoms with van der Waals surface area (Å²) >= 11 is 3.49. The van der Waals surface area contributed by atoms with Crippen molar-refractivity contribution in [3.8, 4) is 28.2 Å². The lowest BCUT2D eigenvalue weighted by Gasteiger charge is -2.11. The van der Waals surface area contributed by atoms with Crippen molar-refractivity contribution in [2.75, 3.05) is 13.7 Å². The van der Waals surface area contributed by atoms with Gasteiger partial charge in [-0.25, -0.2) is 4.79 Å². The smallest absolute Gasteiger partial charge is 0.342 e. The zero-order valence-corrected chi connectivity index (χ0v) is 16.4. The number of hydrogen-bond donors (Lipinski definition) is 0. The Morgan fingerprint density at radius 3 is 2.54 bits per heavy atom. The summed E-state index contributed by atoms with van der Waals surface area (Å²) in [5.41, 5.74) is 2.68. The number of carbonyl (C=O) groups excluding carboxylic acids is 1. The predicted molar refractivity (Wildman–Crippen MR) is 105 cm³/mol. The van der Waals surface area contributed by atoms with Crippen molar-refractivity contribution in [3.63, 3.8) is 0 Å². The van der Waals surface area contributed by atoms with Crippen LogP contribution in [0.1, 0.15) is 23.0 Å². The van der Waals surface area contributed by atoms with Gasteiger partial charge in [-0.05, 0) is 32.0 Å². The Labute approximate surface area is 160 Å². The number of hydrogen-bond acceptors (Lipinski definition) is 4. The Kier molecular flexibility index (Phi) is 5.47. The van der Waals surface area contributed by atoms with Crippen LogP contribution in [0.2, 0.25) is 0 Å². The number of ether oxygens (including phenoxy) is 2. The molecule has 0 fully saturated rings. The van der Waals surface area contributed by atoms with Crippen LogP contribution in [0.5, 0.6) is 5.75 Å². The zero-order valence-electron chi connectivity index (χ0n) is 14.8. The number of carbonyl (C=O) groups is 1. The van der Waals surface area contributed by atoms with Gasteiger partial charge in [0.2, 0.25) is 0 Å². The highest BCUT2D eigenvalue weighted by Crippen LogP contribution is 2.42. The highest BCUT2D eigenvalue weighted by molar-refractivity contribution is 9.10. The molecule has 3 aromatic rings. The van der Waals surface area contributed by atoms with Gasteiger partial charge in [0.25, 0.3) is 0 Å². The summed E-state index contributed by atoms with van der Waals surface area (Å²) in [6, 6.07) is 15.2. The maximum Gasteiger partial charge on any atom is 0.342 e. The van der Waals surface area contributed by atoms with Crippen LogP contribution in [0.3, 0.4) is 0 Å². The molecule has 1 heterocycles. The second-order valence-electron chi connectivity index (χ2n) is 5.67. The summed E-state index contributed by atoms with van der Waals surface area (Å²) in [5, 5.41) is 0. The highest BCUT2D eigenvalue weighted by Gasteiger charge is 2.28. The zero-order chi connectivity index (χ0) is 18.7. The Balaban J connectivity index is 2.31. The standard InChI is InChI=1S/C21H19BrO4/c1-4-25-21(23)19-18(16-12-15(22)10-11-17(16)24-3)13(2)26-20(19)14-8-6-5-7-9-14/h5-12H,4H2,1-3H3. The van der Waals surface area contributed by atoms with Crippen LogP contribution in [-0.2, 0) is 4.74 Å².